The molecule has 1 aromatic heterocycles. The molecule has 2 heterocycles. The SMILES string of the molecule is CC(C)(C)OC(=O)N1CCOCC1c1n[nH]c(=O)o1. The summed E-state index contributed by atoms with van der Waals surface area (Å²) in [5.74, 6) is -0.541. The van der Waals surface area contributed by atoms with E-state index in [9.17, 15) is 9.59 Å². The molecule has 0 spiro atoms. The van der Waals surface area contributed by atoms with Gasteiger partial charge in [-0.2, -0.15) is 0 Å². The quantitative estimate of drug-likeness (QED) is 0.806. The second kappa shape index (κ2) is 5.04. The number of H-pyrrole nitrogens is 1. The van der Waals surface area contributed by atoms with Crippen LogP contribution in [0.3, 0.4) is 0 Å². The van der Waals surface area contributed by atoms with E-state index in [0.29, 0.717) is 13.2 Å². The second-order valence-electron chi connectivity index (χ2n) is 5.22. The van der Waals surface area contributed by atoms with Crippen molar-refractivity contribution in [1.82, 2.24) is 15.1 Å². The lowest BCUT2D eigenvalue weighted by Gasteiger charge is -2.34. The van der Waals surface area contributed by atoms with E-state index in [1.807, 2.05) is 0 Å². The average molecular weight is 271 g/mol. The number of amides is 1. The Morgan fingerprint density at radius 2 is 2.26 bits per heavy atom. The first-order valence-electron chi connectivity index (χ1n) is 5.99. The summed E-state index contributed by atoms with van der Waals surface area (Å²) in [4.78, 5) is 24.5. The van der Waals surface area contributed by atoms with Crippen molar-refractivity contribution in [2.45, 2.75) is 32.4 Å². The maximum absolute atomic E-state index is 12.1. The summed E-state index contributed by atoms with van der Waals surface area (Å²) in [7, 11) is 0. The number of nitrogens with zero attached hydrogens (tertiary/aromatic N) is 2. The van der Waals surface area contributed by atoms with E-state index in [4.69, 9.17) is 13.9 Å². The zero-order valence-corrected chi connectivity index (χ0v) is 11.1. The van der Waals surface area contributed by atoms with Crippen molar-refractivity contribution < 1.29 is 18.7 Å². The first-order chi connectivity index (χ1) is 8.87. The molecule has 1 unspecified atom stereocenters. The van der Waals surface area contributed by atoms with Gasteiger partial charge in [0.05, 0.1) is 13.2 Å². The molecule has 1 saturated heterocycles. The van der Waals surface area contributed by atoms with Gasteiger partial charge in [0.1, 0.15) is 11.6 Å². The topological polar surface area (TPSA) is 97.7 Å². The van der Waals surface area contributed by atoms with Gasteiger partial charge in [0.25, 0.3) is 0 Å². The molecular weight excluding hydrogens is 254 g/mol. The molecule has 1 aliphatic heterocycles. The lowest BCUT2D eigenvalue weighted by atomic mass is 10.2. The van der Waals surface area contributed by atoms with Gasteiger partial charge in [-0.3, -0.25) is 4.90 Å². The predicted octanol–water partition coefficient (Wildman–Crippen LogP) is 0.671. The van der Waals surface area contributed by atoms with Crippen LogP contribution in [0, 0.1) is 0 Å². The van der Waals surface area contributed by atoms with E-state index in [2.05, 4.69) is 10.2 Å². The van der Waals surface area contributed by atoms with Crippen molar-refractivity contribution in [3.05, 3.63) is 16.4 Å². The van der Waals surface area contributed by atoms with Gasteiger partial charge in [0.15, 0.2) is 0 Å². The Bertz CT molecular complexity index is 501. The lowest BCUT2D eigenvalue weighted by Crippen LogP contribution is -2.45. The maximum Gasteiger partial charge on any atom is 0.434 e. The zero-order valence-electron chi connectivity index (χ0n) is 11.1. The highest BCUT2D eigenvalue weighted by molar-refractivity contribution is 5.68. The number of aromatic amines is 1. The third kappa shape index (κ3) is 3.34. The van der Waals surface area contributed by atoms with Crippen molar-refractivity contribution in [3.8, 4) is 0 Å². The number of carbonyl (C=O) groups excluding carboxylic acids is 1. The smallest absolute Gasteiger partial charge is 0.434 e. The third-order valence-corrected chi connectivity index (χ3v) is 2.50. The van der Waals surface area contributed by atoms with Crippen LogP contribution in [-0.2, 0) is 9.47 Å². The maximum atomic E-state index is 12.1. The van der Waals surface area contributed by atoms with Gasteiger partial charge in [-0.25, -0.2) is 14.7 Å². The summed E-state index contributed by atoms with van der Waals surface area (Å²) in [6.45, 7) is 6.34. The van der Waals surface area contributed by atoms with E-state index >= 15 is 0 Å². The summed E-state index contributed by atoms with van der Waals surface area (Å²) in [6, 6.07) is -0.553. The van der Waals surface area contributed by atoms with Gasteiger partial charge in [0, 0.05) is 6.54 Å². The predicted molar refractivity (Wildman–Crippen MR) is 63.6 cm³/mol. The van der Waals surface area contributed by atoms with Gasteiger partial charge in [-0.05, 0) is 20.8 Å². The summed E-state index contributed by atoms with van der Waals surface area (Å²) >= 11 is 0. The van der Waals surface area contributed by atoms with Crippen molar-refractivity contribution >= 4 is 6.09 Å². The molecule has 0 saturated carbocycles. The highest BCUT2D eigenvalue weighted by atomic mass is 16.6. The van der Waals surface area contributed by atoms with E-state index < -0.39 is 23.5 Å². The number of morpholine rings is 1. The summed E-state index contributed by atoms with van der Waals surface area (Å²) < 4.78 is 15.5. The Morgan fingerprint density at radius 1 is 1.53 bits per heavy atom. The third-order valence-electron chi connectivity index (χ3n) is 2.50. The van der Waals surface area contributed by atoms with Crippen LogP contribution in [0.4, 0.5) is 4.79 Å². The average Bonchev–Trinajstić information content (AvgIpc) is 2.73. The van der Waals surface area contributed by atoms with Crippen LogP contribution >= 0.6 is 0 Å². The number of aromatic nitrogens is 2. The van der Waals surface area contributed by atoms with Crippen LogP contribution in [0.15, 0.2) is 9.21 Å². The minimum Gasteiger partial charge on any atom is -0.444 e. The first-order valence-corrected chi connectivity index (χ1v) is 5.99. The summed E-state index contributed by atoms with van der Waals surface area (Å²) in [5.41, 5.74) is -0.591. The number of hydrogen-bond donors (Lipinski definition) is 1. The Hall–Kier alpha value is -1.83. The highest BCUT2D eigenvalue weighted by Crippen LogP contribution is 2.23. The Balaban J connectivity index is 2.16. The Morgan fingerprint density at radius 3 is 2.84 bits per heavy atom. The normalized spacial score (nSPS) is 20.4. The van der Waals surface area contributed by atoms with Gasteiger partial charge < -0.3 is 13.9 Å². The molecular formula is C11H17N3O5. The highest BCUT2D eigenvalue weighted by Gasteiger charge is 2.35. The fourth-order valence-corrected chi connectivity index (χ4v) is 1.73. The molecule has 1 fully saturated rings. The van der Waals surface area contributed by atoms with Gasteiger partial charge in [0.2, 0.25) is 5.89 Å². The molecule has 1 aliphatic rings. The lowest BCUT2D eigenvalue weighted by molar-refractivity contribution is -0.0393. The van der Waals surface area contributed by atoms with Crippen LogP contribution in [0.2, 0.25) is 0 Å². The number of carbonyl (C=O) groups is 1. The number of ether oxygens (including phenoxy) is 2. The van der Waals surface area contributed by atoms with Crippen molar-refractivity contribution in [2.75, 3.05) is 19.8 Å². The van der Waals surface area contributed by atoms with Crippen LogP contribution in [-0.4, -0.2) is 46.6 Å². The molecule has 2 rings (SSSR count). The number of nitrogens with one attached hydrogen (secondary N) is 1. The molecule has 8 nitrogen and oxygen atoms in total. The molecule has 1 aromatic rings. The minimum absolute atomic E-state index is 0.121. The van der Waals surface area contributed by atoms with Crippen molar-refractivity contribution in [3.63, 3.8) is 0 Å². The monoisotopic (exact) mass is 271 g/mol. The number of hydrogen-bond acceptors (Lipinski definition) is 6. The minimum atomic E-state index is -0.662. The molecule has 1 amide bonds. The largest absolute Gasteiger partial charge is 0.444 e. The molecule has 0 radical (unpaired) electrons. The Labute approximate surface area is 109 Å². The Kier molecular flexibility index (Phi) is 3.61. The van der Waals surface area contributed by atoms with E-state index in [-0.39, 0.29) is 12.5 Å². The van der Waals surface area contributed by atoms with E-state index in [1.54, 1.807) is 20.8 Å². The van der Waals surface area contributed by atoms with E-state index in [1.165, 1.54) is 4.90 Å². The molecule has 0 bridgehead atoms. The second-order valence-corrected chi connectivity index (χ2v) is 5.22. The van der Waals surface area contributed by atoms with Gasteiger partial charge in [-0.15, -0.1) is 5.10 Å². The molecule has 0 aliphatic carbocycles. The van der Waals surface area contributed by atoms with Gasteiger partial charge >= 0.3 is 11.8 Å². The molecule has 1 N–H and O–H groups in total. The standard InChI is InChI=1S/C11H17N3O5/c1-11(2,3)19-10(16)14-4-5-17-6-7(14)8-12-13-9(15)18-8/h7H,4-6H2,1-3H3,(H,13,15). The van der Waals surface area contributed by atoms with Crippen LogP contribution < -0.4 is 5.76 Å². The van der Waals surface area contributed by atoms with Gasteiger partial charge in [-0.1, -0.05) is 0 Å². The zero-order chi connectivity index (χ0) is 14.0. The fourth-order valence-electron chi connectivity index (χ4n) is 1.73. The summed E-state index contributed by atoms with van der Waals surface area (Å²) in [6.07, 6.45) is -0.480. The molecule has 106 valence electrons. The van der Waals surface area contributed by atoms with Crippen molar-refractivity contribution in [1.29, 1.82) is 0 Å². The molecule has 1 atom stereocenters. The van der Waals surface area contributed by atoms with Crippen LogP contribution in [0.5, 0.6) is 0 Å². The van der Waals surface area contributed by atoms with E-state index in [0.717, 1.165) is 0 Å². The van der Waals surface area contributed by atoms with Crippen LogP contribution in [0.25, 0.3) is 0 Å². The molecule has 8 heteroatoms. The fraction of sp³-hybridized carbons (Fsp3) is 0.727. The number of rotatable bonds is 1. The summed E-state index contributed by atoms with van der Waals surface area (Å²) in [5, 5.41) is 5.90. The van der Waals surface area contributed by atoms with Crippen LogP contribution in [0.1, 0.15) is 32.7 Å². The van der Waals surface area contributed by atoms with Crippen molar-refractivity contribution in [2.24, 2.45) is 0 Å². The first kappa shape index (κ1) is 13.6. The molecule has 0 aromatic carbocycles. The molecule has 19 heavy (non-hydrogen) atoms.